The predicted molar refractivity (Wildman–Crippen MR) is 76.3 cm³/mol. The summed E-state index contributed by atoms with van der Waals surface area (Å²) in [5.74, 6) is 0.510. The highest BCUT2D eigenvalue weighted by atomic mass is 28.4. The molecule has 0 bridgehead atoms. The van der Waals surface area contributed by atoms with Crippen LogP contribution in [0.2, 0.25) is 19.6 Å². The van der Waals surface area contributed by atoms with E-state index >= 15 is 0 Å². The van der Waals surface area contributed by atoms with Crippen LogP contribution in [0.5, 0.6) is 0 Å². The molecule has 0 amide bonds. The van der Waals surface area contributed by atoms with Crippen LogP contribution in [0.1, 0.15) is 38.5 Å². The summed E-state index contributed by atoms with van der Waals surface area (Å²) in [4.78, 5) is 12.3. The normalized spacial score (nSPS) is 44.4. The highest BCUT2D eigenvalue weighted by molar-refractivity contribution is 6.69. The van der Waals surface area contributed by atoms with Crippen molar-refractivity contribution in [1.82, 2.24) is 0 Å². The van der Waals surface area contributed by atoms with Crippen LogP contribution in [-0.2, 0) is 14.0 Å². The van der Waals surface area contributed by atoms with Gasteiger partial charge in [-0.2, -0.15) is 0 Å². The van der Waals surface area contributed by atoms with Crippen LogP contribution in [-0.4, -0.2) is 27.0 Å². The lowest BCUT2D eigenvalue weighted by Gasteiger charge is -2.64. The monoisotopic (exact) mass is 282 g/mol. The molecule has 3 fully saturated rings. The average Bonchev–Trinajstić information content (AvgIpc) is 2.81. The van der Waals surface area contributed by atoms with Crippen molar-refractivity contribution in [2.45, 2.75) is 63.8 Å². The SMILES string of the molecule is COC(=O)C1[C@@H]2CCC[C@@]23CCC[C@@]13O[Si](C)(C)C. The van der Waals surface area contributed by atoms with Gasteiger partial charge in [-0.25, -0.2) is 0 Å². The Balaban J connectivity index is 1.99. The topological polar surface area (TPSA) is 35.5 Å². The van der Waals surface area contributed by atoms with Gasteiger partial charge < -0.3 is 9.16 Å². The van der Waals surface area contributed by atoms with Crippen molar-refractivity contribution < 1.29 is 14.0 Å². The summed E-state index contributed by atoms with van der Waals surface area (Å²) >= 11 is 0. The number of ether oxygens (including phenoxy) is 1. The Morgan fingerprint density at radius 2 is 1.84 bits per heavy atom. The third-order valence-electron chi connectivity index (χ3n) is 5.71. The van der Waals surface area contributed by atoms with E-state index in [-0.39, 0.29) is 17.5 Å². The molecule has 0 N–H and O–H groups in total. The number of carbonyl (C=O) groups is 1. The largest absolute Gasteiger partial charge is 0.469 e. The molecule has 0 aromatic heterocycles. The van der Waals surface area contributed by atoms with Crippen LogP contribution in [0.4, 0.5) is 0 Å². The highest BCUT2D eigenvalue weighted by Gasteiger charge is 2.77. The standard InChI is InChI=1S/C15H26O3Si/c1-17-13(16)12-11-7-5-8-14(11)9-6-10-15(12,14)18-19(2,3)4/h11-12H,5-10H2,1-4H3/t11-,12?,14+,15+/m0/s1. The predicted octanol–water partition coefficient (Wildman–Crippen LogP) is 3.35. The smallest absolute Gasteiger partial charge is 0.311 e. The van der Waals surface area contributed by atoms with Gasteiger partial charge in [0.1, 0.15) is 0 Å². The third-order valence-corrected chi connectivity index (χ3v) is 6.69. The van der Waals surface area contributed by atoms with Gasteiger partial charge in [0, 0.05) is 5.41 Å². The molecule has 3 saturated carbocycles. The second-order valence-corrected chi connectivity index (χ2v) is 12.0. The molecular formula is C15H26O3Si. The molecule has 1 unspecified atom stereocenters. The van der Waals surface area contributed by atoms with Crippen molar-refractivity contribution >= 4 is 14.3 Å². The molecule has 0 radical (unpaired) electrons. The zero-order valence-electron chi connectivity index (χ0n) is 12.6. The number of hydrogen-bond donors (Lipinski definition) is 0. The maximum atomic E-state index is 12.3. The molecule has 0 aliphatic heterocycles. The fourth-order valence-electron chi connectivity index (χ4n) is 5.49. The Labute approximate surface area is 117 Å². The summed E-state index contributed by atoms with van der Waals surface area (Å²) in [7, 11) is -0.136. The molecule has 0 aromatic rings. The number of carbonyl (C=O) groups excluding carboxylic acids is 1. The first-order valence-electron chi connectivity index (χ1n) is 7.64. The van der Waals surface area contributed by atoms with Crippen LogP contribution in [0.25, 0.3) is 0 Å². The Morgan fingerprint density at radius 1 is 1.16 bits per heavy atom. The quantitative estimate of drug-likeness (QED) is 0.588. The van der Waals surface area contributed by atoms with E-state index in [1.165, 1.54) is 39.2 Å². The van der Waals surface area contributed by atoms with Gasteiger partial charge in [0.15, 0.2) is 8.32 Å². The molecule has 1 spiro atoms. The van der Waals surface area contributed by atoms with Crippen molar-refractivity contribution in [1.29, 1.82) is 0 Å². The summed E-state index contributed by atoms with van der Waals surface area (Å²) in [5, 5.41) is 0. The molecule has 3 nitrogen and oxygen atoms in total. The van der Waals surface area contributed by atoms with Crippen molar-refractivity contribution in [2.24, 2.45) is 17.3 Å². The van der Waals surface area contributed by atoms with E-state index in [1.807, 2.05) is 0 Å². The average molecular weight is 282 g/mol. The van der Waals surface area contributed by atoms with Crippen molar-refractivity contribution in [3.63, 3.8) is 0 Å². The highest BCUT2D eigenvalue weighted by Crippen LogP contribution is 2.75. The molecule has 0 aromatic carbocycles. The van der Waals surface area contributed by atoms with E-state index in [0.29, 0.717) is 11.3 Å². The summed E-state index contributed by atoms with van der Waals surface area (Å²) in [6.07, 6.45) is 7.25. The van der Waals surface area contributed by atoms with Crippen LogP contribution in [0.3, 0.4) is 0 Å². The van der Waals surface area contributed by atoms with E-state index in [2.05, 4.69) is 19.6 Å². The maximum absolute atomic E-state index is 12.3. The lowest BCUT2D eigenvalue weighted by molar-refractivity contribution is -0.230. The Morgan fingerprint density at radius 3 is 2.47 bits per heavy atom. The van der Waals surface area contributed by atoms with E-state index in [4.69, 9.17) is 9.16 Å². The Bertz CT molecular complexity index is 399. The van der Waals surface area contributed by atoms with Gasteiger partial charge in [-0.1, -0.05) is 6.42 Å². The van der Waals surface area contributed by atoms with Crippen LogP contribution < -0.4 is 0 Å². The van der Waals surface area contributed by atoms with E-state index in [0.717, 1.165) is 6.42 Å². The van der Waals surface area contributed by atoms with Gasteiger partial charge in [-0.3, -0.25) is 4.79 Å². The summed E-state index contributed by atoms with van der Waals surface area (Å²) < 4.78 is 11.8. The van der Waals surface area contributed by atoms with Gasteiger partial charge in [0.05, 0.1) is 18.6 Å². The zero-order chi connectivity index (χ0) is 13.9. The summed E-state index contributed by atoms with van der Waals surface area (Å²) in [6, 6.07) is 0. The third kappa shape index (κ3) is 1.62. The van der Waals surface area contributed by atoms with Crippen LogP contribution >= 0.6 is 0 Å². The van der Waals surface area contributed by atoms with Gasteiger partial charge in [0.25, 0.3) is 0 Å². The minimum Gasteiger partial charge on any atom is -0.469 e. The lowest BCUT2D eigenvalue weighted by atomic mass is 9.46. The molecule has 3 aliphatic carbocycles. The first-order valence-corrected chi connectivity index (χ1v) is 11.1. The molecule has 0 heterocycles. The molecule has 19 heavy (non-hydrogen) atoms. The first-order chi connectivity index (χ1) is 8.86. The molecule has 0 saturated heterocycles. The minimum atomic E-state index is -1.66. The van der Waals surface area contributed by atoms with Crippen LogP contribution in [0.15, 0.2) is 0 Å². The molecule has 3 rings (SSSR count). The number of methoxy groups -OCH3 is 1. The molecular weight excluding hydrogens is 256 g/mol. The fourth-order valence-corrected chi connectivity index (χ4v) is 7.01. The number of esters is 1. The maximum Gasteiger partial charge on any atom is 0.311 e. The number of rotatable bonds is 3. The second kappa shape index (κ2) is 4.07. The van der Waals surface area contributed by atoms with Crippen molar-refractivity contribution in [2.75, 3.05) is 7.11 Å². The number of hydrogen-bond acceptors (Lipinski definition) is 3. The van der Waals surface area contributed by atoms with Gasteiger partial charge in [0.2, 0.25) is 0 Å². The Hall–Kier alpha value is -0.353. The lowest BCUT2D eigenvalue weighted by Crippen LogP contribution is -2.71. The fraction of sp³-hybridized carbons (Fsp3) is 0.933. The van der Waals surface area contributed by atoms with Gasteiger partial charge >= 0.3 is 5.97 Å². The van der Waals surface area contributed by atoms with Gasteiger partial charge in [-0.05, 0) is 57.7 Å². The summed E-state index contributed by atoms with van der Waals surface area (Å²) in [6.45, 7) is 6.72. The summed E-state index contributed by atoms with van der Waals surface area (Å²) in [5.41, 5.74) is 0.137. The second-order valence-electron chi connectivity index (χ2n) is 7.61. The Kier molecular flexibility index (Phi) is 2.92. The van der Waals surface area contributed by atoms with E-state index in [9.17, 15) is 4.79 Å². The van der Waals surface area contributed by atoms with E-state index in [1.54, 1.807) is 0 Å². The first kappa shape index (κ1) is 13.6. The zero-order valence-corrected chi connectivity index (χ0v) is 13.6. The van der Waals surface area contributed by atoms with E-state index < -0.39 is 8.32 Å². The van der Waals surface area contributed by atoms with Crippen molar-refractivity contribution in [3.05, 3.63) is 0 Å². The van der Waals surface area contributed by atoms with Crippen molar-refractivity contribution in [3.8, 4) is 0 Å². The van der Waals surface area contributed by atoms with Crippen LogP contribution in [0, 0.1) is 17.3 Å². The minimum absolute atomic E-state index is 0.00854. The molecule has 4 atom stereocenters. The molecule has 108 valence electrons. The van der Waals surface area contributed by atoms with Gasteiger partial charge in [-0.15, -0.1) is 0 Å². The molecule has 3 aliphatic rings. The molecule has 4 heteroatoms.